The SMILES string of the molecule is CCc1c(F)ccc2cc(O)cc(N3Cc4nc(OCC5CC(F)CN5)nc(N5CCCOCC5)c4C3=O)c12. The number of alkyl halides is 1. The van der Waals surface area contributed by atoms with E-state index in [4.69, 9.17) is 9.47 Å². The third-order valence-corrected chi connectivity index (χ3v) is 7.59. The number of nitrogens with zero attached hydrogens (tertiary/aromatic N) is 4. The molecule has 4 heterocycles. The van der Waals surface area contributed by atoms with Crippen molar-refractivity contribution < 1.29 is 28.2 Å². The van der Waals surface area contributed by atoms with Crippen LogP contribution in [0.25, 0.3) is 10.8 Å². The lowest BCUT2D eigenvalue weighted by Crippen LogP contribution is -2.31. The minimum atomic E-state index is -0.909. The van der Waals surface area contributed by atoms with Crippen LogP contribution in [0.15, 0.2) is 24.3 Å². The Hall–Kier alpha value is -3.57. The molecule has 1 amide bonds. The topological polar surface area (TPSA) is 100 Å². The van der Waals surface area contributed by atoms with Gasteiger partial charge in [-0.05, 0) is 42.3 Å². The van der Waals surface area contributed by atoms with E-state index in [2.05, 4.69) is 15.3 Å². The first kappa shape index (κ1) is 25.7. The van der Waals surface area contributed by atoms with Gasteiger partial charge in [-0.3, -0.25) is 4.79 Å². The molecule has 2 unspecified atom stereocenters. The number of carbonyl (C=O) groups is 1. The lowest BCUT2D eigenvalue weighted by molar-refractivity contribution is 0.0997. The molecule has 2 N–H and O–H groups in total. The highest BCUT2D eigenvalue weighted by Gasteiger charge is 2.37. The number of ether oxygens (including phenoxy) is 2. The monoisotopic (exact) mass is 539 g/mol. The van der Waals surface area contributed by atoms with E-state index >= 15 is 0 Å². The summed E-state index contributed by atoms with van der Waals surface area (Å²) in [6.45, 7) is 4.76. The van der Waals surface area contributed by atoms with Crippen molar-refractivity contribution in [1.82, 2.24) is 15.3 Å². The second-order valence-electron chi connectivity index (χ2n) is 10.2. The number of aromatic nitrogens is 2. The van der Waals surface area contributed by atoms with Crippen molar-refractivity contribution in [2.75, 3.05) is 49.3 Å². The van der Waals surface area contributed by atoms with Gasteiger partial charge in [0.1, 0.15) is 35.7 Å². The van der Waals surface area contributed by atoms with Gasteiger partial charge < -0.3 is 29.7 Å². The molecule has 2 aromatic carbocycles. The number of hydrogen-bond donors (Lipinski definition) is 2. The van der Waals surface area contributed by atoms with Crippen LogP contribution < -0.4 is 19.9 Å². The maximum atomic E-state index is 14.8. The normalized spacial score (nSPS) is 21.5. The number of anilines is 2. The van der Waals surface area contributed by atoms with Gasteiger partial charge in [0.05, 0.1) is 24.5 Å². The molecule has 3 aliphatic heterocycles. The largest absolute Gasteiger partial charge is 0.508 e. The van der Waals surface area contributed by atoms with Crippen LogP contribution in [-0.2, 0) is 17.7 Å². The quantitative estimate of drug-likeness (QED) is 0.491. The van der Waals surface area contributed by atoms with E-state index < -0.39 is 6.17 Å². The zero-order valence-electron chi connectivity index (χ0n) is 21.8. The zero-order chi connectivity index (χ0) is 27.1. The van der Waals surface area contributed by atoms with Gasteiger partial charge in [0.25, 0.3) is 5.91 Å². The number of aryl methyl sites for hydroxylation is 1. The van der Waals surface area contributed by atoms with E-state index in [9.17, 15) is 18.7 Å². The van der Waals surface area contributed by atoms with E-state index in [1.54, 1.807) is 12.1 Å². The fraction of sp³-hybridized carbons (Fsp3) is 0.464. The maximum absolute atomic E-state index is 14.8. The summed E-state index contributed by atoms with van der Waals surface area (Å²) in [5.74, 6) is -0.252. The smallest absolute Gasteiger partial charge is 0.318 e. The van der Waals surface area contributed by atoms with Crippen molar-refractivity contribution in [3.05, 3.63) is 46.9 Å². The summed E-state index contributed by atoms with van der Waals surface area (Å²) in [7, 11) is 0. The molecule has 2 fully saturated rings. The van der Waals surface area contributed by atoms with E-state index in [1.807, 2.05) is 11.8 Å². The highest BCUT2D eigenvalue weighted by molar-refractivity contribution is 6.16. The molecule has 39 heavy (non-hydrogen) atoms. The fourth-order valence-electron chi connectivity index (χ4n) is 5.71. The third kappa shape index (κ3) is 4.85. The lowest BCUT2D eigenvalue weighted by atomic mass is 9.99. The summed E-state index contributed by atoms with van der Waals surface area (Å²) in [5, 5.41) is 14.8. The predicted octanol–water partition coefficient (Wildman–Crippen LogP) is 3.50. The molecule has 2 atom stereocenters. The van der Waals surface area contributed by atoms with Crippen LogP contribution in [0, 0.1) is 5.82 Å². The average Bonchev–Trinajstić information content (AvgIpc) is 3.36. The van der Waals surface area contributed by atoms with Crippen LogP contribution in [-0.4, -0.2) is 72.7 Å². The molecule has 0 aliphatic carbocycles. The standard InChI is InChI=1S/C28H31F2N5O4/c1-2-20-21(30)5-4-16-10-19(36)12-23(24(16)20)35-14-22-25(27(35)37)26(34-6-3-8-38-9-7-34)33-28(32-22)39-15-18-11-17(29)13-31-18/h4-5,10,12,17-18,31,36H,2-3,6-9,11,13-15H2,1H3. The van der Waals surface area contributed by atoms with E-state index in [1.165, 1.54) is 17.0 Å². The van der Waals surface area contributed by atoms with Crippen molar-refractivity contribution in [2.24, 2.45) is 0 Å². The van der Waals surface area contributed by atoms with Gasteiger partial charge >= 0.3 is 6.01 Å². The van der Waals surface area contributed by atoms with E-state index in [-0.39, 0.29) is 42.7 Å². The van der Waals surface area contributed by atoms with Crippen molar-refractivity contribution in [3.8, 4) is 11.8 Å². The number of halogens is 2. The number of aromatic hydroxyl groups is 1. The van der Waals surface area contributed by atoms with Crippen molar-refractivity contribution in [1.29, 1.82) is 0 Å². The molecule has 206 valence electrons. The number of phenolic OH excluding ortho intramolecular Hbond substituents is 1. The summed E-state index contributed by atoms with van der Waals surface area (Å²) in [6.07, 6.45) is 0.636. The number of amides is 1. The number of hydrogen-bond acceptors (Lipinski definition) is 8. The predicted molar refractivity (Wildman–Crippen MR) is 142 cm³/mol. The van der Waals surface area contributed by atoms with Gasteiger partial charge in [-0.1, -0.05) is 13.0 Å². The Morgan fingerprint density at radius 1 is 1.23 bits per heavy atom. The number of phenols is 1. The second kappa shape index (κ2) is 10.5. The first-order chi connectivity index (χ1) is 18.9. The molecule has 1 aromatic heterocycles. The molecule has 0 spiro atoms. The highest BCUT2D eigenvalue weighted by Crippen LogP contribution is 2.41. The zero-order valence-corrected chi connectivity index (χ0v) is 21.8. The van der Waals surface area contributed by atoms with Crippen LogP contribution in [0.2, 0.25) is 0 Å². The van der Waals surface area contributed by atoms with Crippen LogP contribution >= 0.6 is 0 Å². The van der Waals surface area contributed by atoms with E-state index in [0.29, 0.717) is 84.8 Å². The van der Waals surface area contributed by atoms with Gasteiger partial charge in [0, 0.05) is 43.7 Å². The number of carbonyl (C=O) groups excluding carboxylic acids is 1. The molecule has 9 nitrogen and oxygen atoms in total. The third-order valence-electron chi connectivity index (χ3n) is 7.59. The first-order valence-electron chi connectivity index (χ1n) is 13.4. The summed E-state index contributed by atoms with van der Waals surface area (Å²) < 4.78 is 40.0. The summed E-state index contributed by atoms with van der Waals surface area (Å²) in [6, 6.07) is 6.02. The summed E-state index contributed by atoms with van der Waals surface area (Å²) in [5.41, 5.74) is 1.74. The number of benzene rings is 2. The van der Waals surface area contributed by atoms with Crippen LogP contribution in [0.5, 0.6) is 11.8 Å². The molecular weight excluding hydrogens is 508 g/mol. The Bertz CT molecular complexity index is 1410. The van der Waals surface area contributed by atoms with Crippen LogP contribution in [0.3, 0.4) is 0 Å². The minimum Gasteiger partial charge on any atom is -0.508 e. The molecule has 6 rings (SSSR count). The van der Waals surface area contributed by atoms with Crippen LogP contribution in [0.1, 0.15) is 41.4 Å². The highest BCUT2D eigenvalue weighted by atomic mass is 19.1. The van der Waals surface area contributed by atoms with Crippen molar-refractivity contribution in [2.45, 2.75) is 44.9 Å². The number of nitrogens with one attached hydrogen (secondary N) is 1. The Balaban J connectivity index is 1.41. The Morgan fingerprint density at radius 3 is 2.90 bits per heavy atom. The summed E-state index contributed by atoms with van der Waals surface area (Å²) >= 11 is 0. The Morgan fingerprint density at radius 2 is 2.10 bits per heavy atom. The lowest BCUT2D eigenvalue weighted by Gasteiger charge is -2.24. The first-order valence-corrected chi connectivity index (χ1v) is 13.4. The second-order valence-corrected chi connectivity index (χ2v) is 10.2. The number of fused-ring (bicyclic) bond motifs is 2. The number of rotatable bonds is 6. The van der Waals surface area contributed by atoms with Gasteiger partial charge in [-0.15, -0.1) is 0 Å². The summed E-state index contributed by atoms with van der Waals surface area (Å²) in [4.78, 5) is 26.8. The Labute approximate surface area is 224 Å². The molecule has 2 saturated heterocycles. The maximum Gasteiger partial charge on any atom is 0.318 e. The fourth-order valence-corrected chi connectivity index (χ4v) is 5.71. The molecule has 3 aliphatic rings. The molecule has 0 radical (unpaired) electrons. The van der Waals surface area contributed by atoms with Gasteiger partial charge in [0.15, 0.2) is 0 Å². The average molecular weight is 540 g/mol. The van der Waals surface area contributed by atoms with Crippen molar-refractivity contribution >= 4 is 28.2 Å². The molecular formula is C28H31F2N5O4. The van der Waals surface area contributed by atoms with Gasteiger partial charge in [-0.25, -0.2) is 8.78 Å². The minimum absolute atomic E-state index is 0.0230. The Kier molecular flexibility index (Phi) is 6.94. The molecule has 3 aromatic rings. The molecule has 11 heteroatoms. The van der Waals surface area contributed by atoms with Gasteiger partial charge in [-0.2, -0.15) is 9.97 Å². The van der Waals surface area contributed by atoms with Crippen molar-refractivity contribution in [3.63, 3.8) is 0 Å². The van der Waals surface area contributed by atoms with E-state index in [0.717, 1.165) is 6.42 Å². The van der Waals surface area contributed by atoms with Crippen LogP contribution in [0.4, 0.5) is 20.3 Å². The molecule has 0 saturated carbocycles. The van der Waals surface area contributed by atoms with Gasteiger partial charge in [0.2, 0.25) is 0 Å². The molecule has 0 bridgehead atoms.